The molecule has 0 spiro atoms. The van der Waals surface area contributed by atoms with Crippen LogP contribution in [0.3, 0.4) is 0 Å². The van der Waals surface area contributed by atoms with Gasteiger partial charge in [-0.25, -0.2) is 0 Å². The lowest BCUT2D eigenvalue weighted by atomic mass is 9.99. The van der Waals surface area contributed by atoms with Gasteiger partial charge in [-0.3, -0.25) is 4.79 Å². The van der Waals surface area contributed by atoms with E-state index in [9.17, 15) is 30.3 Å². The zero-order chi connectivity index (χ0) is 33.1. The molecule has 0 aliphatic carbocycles. The maximum atomic E-state index is 12.5. The van der Waals surface area contributed by atoms with E-state index in [1.807, 2.05) is 0 Å². The predicted molar refractivity (Wildman–Crippen MR) is 180 cm³/mol. The number of ether oxygens (including phenoxy) is 2. The van der Waals surface area contributed by atoms with Crippen LogP contribution in [-0.2, 0) is 14.3 Å². The van der Waals surface area contributed by atoms with Crippen molar-refractivity contribution < 1.29 is 39.8 Å². The van der Waals surface area contributed by atoms with Crippen LogP contribution in [0.2, 0.25) is 0 Å². The van der Waals surface area contributed by atoms with E-state index >= 15 is 0 Å². The average molecular weight is 646 g/mol. The first kappa shape index (κ1) is 42.2. The zero-order valence-corrected chi connectivity index (χ0v) is 28.9. The lowest BCUT2D eigenvalue weighted by molar-refractivity contribution is -0.302. The van der Waals surface area contributed by atoms with E-state index in [-0.39, 0.29) is 12.5 Å². The Labute approximate surface area is 274 Å². The van der Waals surface area contributed by atoms with Gasteiger partial charge in [-0.1, -0.05) is 149 Å². The molecule has 268 valence electrons. The van der Waals surface area contributed by atoms with Crippen LogP contribution in [0.15, 0.2) is 0 Å². The third kappa shape index (κ3) is 20.2. The molecular formula is C36H71NO8. The SMILES string of the molecule is CCCCCCCCCCCCCCCCCCCCCC(O)C(COC1OC(CO)C(O)C(O)C1O)NC(=O)CCCCC. The number of hydrogen-bond donors (Lipinski definition) is 6. The van der Waals surface area contributed by atoms with Crippen LogP contribution in [0.5, 0.6) is 0 Å². The van der Waals surface area contributed by atoms with E-state index in [1.165, 1.54) is 103 Å². The second-order valence-corrected chi connectivity index (χ2v) is 13.4. The molecule has 0 saturated carbocycles. The highest BCUT2D eigenvalue weighted by Crippen LogP contribution is 2.23. The molecule has 45 heavy (non-hydrogen) atoms. The minimum Gasteiger partial charge on any atom is -0.394 e. The Balaban J connectivity index is 2.22. The van der Waals surface area contributed by atoms with Crippen molar-refractivity contribution in [2.24, 2.45) is 0 Å². The van der Waals surface area contributed by atoms with Crippen molar-refractivity contribution >= 4 is 5.91 Å². The molecule has 1 amide bonds. The lowest BCUT2D eigenvalue weighted by Gasteiger charge is -2.40. The smallest absolute Gasteiger partial charge is 0.220 e. The highest BCUT2D eigenvalue weighted by molar-refractivity contribution is 5.76. The van der Waals surface area contributed by atoms with Gasteiger partial charge in [-0.05, 0) is 12.8 Å². The summed E-state index contributed by atoms with van der Waals surface area (Å²) >= 11 is 0. The number of amides is 1. The highest BCUT2D eigenvalue weighted by Gasteiger charge is 2.44. The predicted octanol–water partition coefficient (Wildman–Crippen LogP) is 6.05. The Morgan fingerprint density at radius 3 is 1.58 bits per heavy atom. The Hall–Kier alpha value is -0.810. The van der Waals surface area contributed by atoms with E-state index in [0.29, 0.717) is 12.8 Å². The third-order valence-corrected chi connectivity index (χ3v) is 9.21. The first-order valence-corrected chi connectivity index (χ1v) is 18.7. The Kier molecular flexibility index (Phi) is 26.5. The van der Waals surface area contributed by atoms with E-state index in [0.717, 1.165) is 38.5 Å². The number of aliphatic hydroxyl groups excluding tert-OH is 5. The molecule has 0 radical (unpaired) electrons. The van der Waals surface area contributed by atoms with Gasteiger partial charge < -0.3 is 40.3 Å². The van der Waals surface area contributed by atoms with E-state index < -0.39 is 49.5 Å². The van der Waals surface area contributed by atoms with E-state index in [1.54, 1.807) is 0 Å². The summed E-state index contributed by atoms with van der Waals surface area (Å²) in [5.74, 6) is -0.168. The fourth-order valence-electron chi connectivity index (χ4n) is 6.10. The number of unbranched alkanes of at least 4 members (excludes halogenated alkanes) is 20. The quantitative estimate of drug-likeness (QED) is 0.0517. The summed E-state index contributed by atoms with van der Waals surface area (Å²) < 4.78 is 11.1. The second-order valence-electron chi connectivity index (χ2n) is 13.4. The van der Waals surface area contributed by atoms with E-state index in [4.69, 9.17) is 9.47 Å². The van der Waals surface area contributed by atoms with Gasteiger partial charge in [0, 0.05) is 6.42 Å². The highest BCUT2D eigenvalue weighted by atomic mass is 16.7. The number of nitrogens with one attached hydrogen (secondary N) is 1. The van der Waals surface area contributed by atoms with Crippen molar-refractivity contribution in [1.29, 1.82) is 0 Å². The zero-order valence-electron chi connectivity index (χ0n) is 28.9. The number of rotatable bonds is 30. The Morgan fingerprint density at radius 2 is 1.11 bits per heavy atom. The van der Waals surface area contributed by atoms with Crippen molar-refractivity contribution in [3.8, 4) is 0 Å². The lowest BCUT2D eigenvalue weighted by Crippen LogP contribution is -2.60. The Bertz CT molecular complexity index is 681. The fraction of sp³-hybridized carbons (Fsp3) is 0.972. The van der Waals surface area contributed by atoms with Crippen LogP contribution in [-0.4, -0.2) is 87.5 Å². The summed E-state index contributed by atoms with van der Waals surface area (Å²) in [4.78, 5) is 12.5. The molecule has 7 atom stereocenters. The monoisotopic (exact) mass is 646 g/mol. The summed E-state index contributed by atoms with van der Waals surface area (Å²) in [5.41, 5.74) is 0. The third-order valence-electron chi connectivity index (χ3n) is 9.21. The molecule has 1 heterocycles. The molecule has 0 aromatic rings. The minimum atomic E-state index is -1.54. The van der Waals surface area contributed by atoms with Gasteiger partial charge in [0.05, 0.1) is 25.4 Å². The normalized spacial score (nSPS) is 23.2. The van der Waals surface area contributed by atoms with Crippen molar-refractivity contribution in [3.05, 3.63) is 0 Å². The summed E-state index contributed by atoms with van der Waals surface area (Å²) in [6.45, 7) is 3.65. The molecule has 1 rings (SSSR count). The van der Waals surface area contributed by atoms with Crippen molar-refractivity contribution in [2.45, 2.75) is 211 Å². The number of aliphatic hydroxyl groups is 5. The van der Waals surface area contributed by atoms with Gasteiger partial charge in [-0.2, -0.15) is 0 Å². The Morgan fingerprint density at radius 1 is 0.667 bits per heavy atom. The summed E-state index contributed by atoms with van der Waals surface area (Å²) in [6.07, 6.45) is 20.5. The summed E-state index contributed by atoms with van der Waals surface area (Å²) in [7, 11) is 0. The van der Waals surface area contributed by atoms with Crippen LogP contribution < -0.4 is 5.32 Å². The first-order valence-electron chi connectivity index (χ1n) is 18.7. The molecule has 1 aliphatic heterocycles. The fourth-order valence-corrected chi connectivity index (χ4v) is 6.10. The summed E-state index contributed by atoms with van der Waals surface area (Å²) in [6, 6.07) is -0.706. The van der Waals surface area contributed by atoms with E-state index in [2.05, 4.69) is 19.2 Å². The standard InChI is InChI=1S/C36H71NO8/c1-3-5-7-8-9-10-11-12-13-14-15-16-17-18-19-20-21-22-24-25-30(39)29(37-32(40)26-23-6-4-2)28-44-36-35(43)34(42)33(41)31(27-38)45-36/h29-31,33-36,38-39,41-43H,3-28H2,1-2H3,(H,37,40). The van der Waals surface area contributed by atoms with Gasteiger partial charge in [0.25, 0.3) is 0 Å². The van der Waals surface area contributed by atoms with Crippen molar-refractivity contribution in [3.63, 3.8) is 0 Å². The molecular weight excluding hydrogens is 574 g/mol. The molecule has 0 aromatic heterocycles. The average Bonchev–Trinajstić information content (AvgIpc) is 3.03. The van der Waals surface area contributed by atoms with Crippen molar-refractivity contribution in [1.82, 2.24) is 5.32 Å². The maximum absolute atomic E-state index is 12.5. The molecule has 9 nitrogen and oxygen atoms in total. The molecule has 0 aromatic carbocycles. The van der Waals surface area contributed by atoms with Crippen LogP contribution in [0.4, 0.5) is 0 Å². The van der Waals surface area contributed by atoms with Gasteiger partial charge in [0.1, 0.15) is 24.4 Å². The van der Waals surface area contributed by atoms with Crippen LogP contribution in [0.1, 0.15) is 168 Å². The molecule has 9 heteroatoms. The van der Waals surface area contributed by atoms with Crippen LogP contribution >= 0.6 is 0 Å². The van der Waals surface area contributed by atoms with Crippen LogP contribution in [0.25, 0.3) is 0 Å². The van der Waals surface area contributed by atoms with Crippen LogP contribution in [0, 0.1) is 0 Å². The molecule has 1 saturated heterocycles. The number of hydrogen-bond acceptors (Lipinski definition) is 8. The molecule has 1 aliphatic rings. The topological polar surface area (TPSA) is 149 Å². The maximum Gasteiger partial charge on any atom is 0.220 e. The second kappa shape index (κ2) is 28.2. The summed E-state index contributed by atoms with van der Waals surface area (Å²) in [5, 5.41) is 53.6. The first-order chi connectivity index (χ1) is 21.8. The molecule has 7 unspecified atom stereocenters. The van der Waals surface area contributed by atoms with Gasteiger partial charge in [0.15, 0.2) is 6.29 Å². The number of carbonyl (C=O) groups excluding carboxylic acids is 1. The van der Waals surface area contributed by atoms with Gasteiger partial charge in [-0.15, -0.1) is 0 Å². The molecule has 0 bridgehead atoms. The van der Waals surface area contributed by atoms with Gasteiger partial charge in [0.2, 0.25) is 5.91 Å². The molecule has 1 fully saturated rings. The number of carbonyl (C=O) groups is 1. The largest absolute Gasteiger partial charge is 0.394 e. The molecule has 6 N–H and O–H groups in total. The van der Waals surface area contributed by atoms with Crippen molar-refractivity contribution in [2.75, 3.05) is 13.2 Å². The minimum absolute atomic E-state index is 0.136. The van der Waals surface area contributed by atoms with Gasteiger partial charge >= 0.3 is 0 Å².